The average Bonchev–Trinajstić information content (AvgIpc) is 3.58. The fourth-order valence-electron chi connectivity index (χ4n) is 6.61. The Morgan fingerprint density at radius 2 is 1.77 bits per heavy atom. The molecule has 1 aliphatic rings. The minimum atomic E-state index is -0.798. The molecule has 1 aromatic carbocycles. The van der Waals surface area contributed by atoms with Crippen molar-refractivity contribution in [3.8, 4) is 0 Å². The van der Waals surface area contributed by atoms with Crippen LogP contribution in [0.4, 0.5) is 0 Å². The lowest BCUT2D eigenvalue weighted by Crippen LogP contribution is -2.61. The SMILES string of the molecule is CCC(C)C(C(CC(=O)N1CCCC1C(CC(=O)NCCc1ccccc1)SC)OC)N(C)C(=O)C(NC(=O)C(C)(CC)NC)C(C)C. The Morgan fingerprint density at radius 3 is 2.31 bits per heavy atom. The first-order valence-electron chi connectivity index (χ1n) is 17.7. The van der Waals surface area contributed by atoms with Crippen LogP contribution in [0.25, 0.3) is 0 Å². The number of carbonyl (C=O) groups is 4. The number of thioether (sulfide) groups is 1. The third kappa shape index (κ3) is 11.2. The van der Waals surface area contributed by atoms with Crippen molar-refractivity contribution in [2.24, 2.45) is 11.8 Å². The molecule has 1 saturated heterocycles. The minimum absolute atomic E-state index is 0.00270. The molecule has 1 aromatic rings. The van der Waals surface area contributed by atoms with Gasteiger partial charge < -0.3 is 30.5 Å². The normalized spacial score (nSPS) is 19.1. The van der Waals surface area contributed by atoms with Crippen molar-refractivity contribution >= 4 is 35.4 Å². The van der Waals surface area contributed by atoms with Crippen molar-refractivity contribution in [2.75, 3.05) is 40.6 Å². The summed E-state index contributed by atoms with van der Waals surface area (Å²) in [6.07, 6.45) is 5.78. The molecule has 0 spiro atoms. The molecular formula is C37H63N5O5S. The molecule has 2 rings (SSSR count). The predicted octanol–water partition coefficient (Wildman–Crippen LogP) is 4.27. The molecule has 272 valence electrons. The van der Waals surface area contributed by atoms with Crippen LogP contribution in [0, 0.1) is 11.8 Å². The molecule has 1 heterocycles. The number of carbonyl (C=O) groups excluding carboxylic acids is 4. The van der Waals surface area contributed by atoms with Gasteiger partial charge in [0.2, 0.25) is 23.6 Å². The molecule has 48 heavy (non-hydrogen) atoms. The third-order valence-corrected chi connectivity index (χ3v) is 11.5. The van der Waals surface area contributed by atoms with Gasteiger partial charge in [0, 0.05) is 45.0 Å². The number of benzene rings is 1. The van der Waals surface area contributed by atoms with Crippen LogP contribution >= 0.6 is 11.8 Å². The molecule has 1 fully saturated rings. The Labute approximate surface area is 294 Å². The second kappa shape index (κ2) is 20.1. The summed E-state index contributed by atoms with van der Waals surface area (Å²) < 4.78 is 6.01. The number of nitrogens with one attached hydrogen (secondary N) is 3. The van der Waals surface area contributed by atoms with E-state index in [2.05, 4.69) is 41.9 Å². The number of hydrogen-bond acceptors (Lipinski definition) is 7. The first kappa shape index (κ1) is 41.5. The molecule has 10 nitrogen and oxygen atoms in total. The van der Waals surface area contributed by atoms with Crippen LogP contribution in [0.5, 0.6) is 0 Å². The molecule has 0 aromatic heterocycles. The number of ether oxygens (including phenoxy) is 1. The van der Waals surface area contributed by atoms with Gasteiger partial charge in [0.05, 0.1) is 24.1 Å². The second-order valence-electron chi connectivity index (χ2n) is 13.8. The fraction of sp³-hybridized carbons (Fsp3) is 0.730. The van der Waals surface area contributed by atoms with Gasteiger partial charge in [0.25, 0.3) is 0 Å². The van der Waals surface area contributed by atoms with Crippen molar-refractivity contribution in [2.45, 2.75) is 122 Å². The molecule has 0 bridgehead atoms. The van der Waals surface area contributed by atoms with Crippen molar-refractivity contribution in [1.29, 1.82) is 0 Å². The van der Waals surface area contributed by atoms with Gasteiger partial charge in [-0.3, -0.25) is 19.2 Å². The van der Waals surface area contributed by atoms with Gasteiger partial charge in [-0.1, -0.05) is 71.4 Å². The molecule has 0 aliphatic carbocycles. The molecule has 7 unspecified atom stereocenters. The van der Waals surface area contributed by atoms with Gasteiger partial charge in [-0.15, -0.1) is 0 Å². The second-order valence-corrected chi connectivity index (χ2v) is 14.9. The Bertz CT molecular complexity index is 1160. The molecule has 7 atom stereocenters. The quantitative estimate of drug-likeness (QED) is 0.187. The van der Waals surface area contributed by atoms with Gasteiger partial charge >= 0.3 is 0 Å². The van der Waals surface area contributed by atoms with E-state index in [-0.39, 0.29) is 59.2 Å². The van der Waals surface area contributed by atoms with Crippen LogP contribution < -0.4 is 16.0 Å². The topological polar surface area (TPSA) is 120 Å². The number of likely N-dealkylation sites (tertiary alicyclic amines) is 1. The zero-order chi connectivity index (χ0) is 36.0. The predicted molar refractivity (Wildman–Crippen MR) is 196 cm³/mol. The molecule has 3 N–H and O–H groups in total. The van der Waals surface area contributed by atoms with Crippen LogP contribution in [0.1, 0.15) is 85.6 Å². The van der Waals surface area contributed by atoms with Crippen molar-refractivity contribution in [3.63, 3.8) is 0 Å². The summed E-state index contributed by atoms with van der Waals surface area (Å²) in [4.78, 5) is 57.9. The maximum atomic E-state index is 14.1. The summed E-state index contributed by atoms with van der Waals surface area (Å²) in [5, 5.41) is 9.14. The Hall–Kier alpha value is -2.63. The lowest BCUT2D eigenvalue weighted by atomic mass is 9.89. The number of likely N-dealkylation sites (N-methyl/N-ethyl adjacent to an activating group) is 2. The Kier molecular flexibility index (Phi) is 17.4. The Balaban J connectivity index is 2.16. The monoisotopic (exact) mass is 689 g/mol. The molecular weight excluding hydrogens is 627 g/mol. The number of rotatable bonds is 20. The van der Waals surface area contributed by atoms with Gasteiger partial charge in [-0.2, -0.15) is 11.8 Å². The minimum Gasteiger partial charge on any atom is -0.379 e. The van der Waals surface area contributed by atoms with Crippen LogP contribution in [-0.2, 0) is 30.3 Å². The molecule has 0 radical (unpaired) electrons. The molecule has 0 saturated carbocycles. The maximum absolute atomic E-state index is 14.1. The molecule has 4 amide bonds. The van der Waals surface area contributed by atoms with Crippen molar-refractivity contribution in [3.05, 3.63) is 35.9 Å². The van der Waals surface area contributed by atoms with Crippen LogP contribution in [0.15, 0.2) is 30.3 Å². The van der Waals surface area contributed by atoms with Gasteiger partial charge in [-0.25, -0.2) is 0 Å². The smallest absolute Gasteiger partial charge is 0.245 e. The summed E-state index contributed by atoms with van der Waals surface area (Å²) in [6, 6.07) is 8.92. The summed E-state index contributed by atoms with van der Waals surface area (Å²) in [7, 11) is 5.10. The highest BCUT2D eigenvalue weighted by molar-refractivity contribution is 7.99. The van der Waals surface area contributed by atoms with E-state index in [1.165, 1.54) is 5.56 Å². The number of methoxy groups -OCH3 is 1. The summed E-state index contributed by atoms with van der Waals surface area (Å²) in [6.45, 7) is 13.0. The lowest BCUT2D eigenvalue weighted by molar-refractivity contribution is -0.146. The highest BCUT2D eigenvalue weighted by Crippen LogP contribution is 2.31. The van der Waals surface area contributed by atoms with E-state index in [1.54, 1.807) is 37.9 Å². The first-order valence-corrected chi connectivity index (χ1v) is 19.0. The van der Waals surface area contributed by atoms with Gasteiger partial charge in [0.1, 0.15) is 6.04 Å². The van der Waals surface area contributed by atoms with Crippen LogP contribution in [-0.4, -0.2) is 109 Å². The Morgan fingerprint density at radius 1 is 1.10 bits per heavy atom. The average molecular weight is 690 g/mol. The third-order valence-electron chi connectivity index (χ3n) is 10.4. The van der Waals surface area contributed by atoms with Crippen LogP contribution in [0.2, 0.25) is 0 Å². The summed E-state index contributed by atoms with van der Waals surface area (Å²) >= 11 is 1.63. The number of hydrogen-bond donors (Lipinski definition) is 3. The van der Waals surface area contributed by atoms with Gasteiger partial charge in [0.15, 0.2) is 0 Å². The number of nitrogens with zero attached hydrogens (tertiary/aromatic N) is 2. The van der Waals surface area contributed by atoms with Gasteiger partial charge in [-0.05, 0) is 63.3 Å². The van der Waals surface area contributed by atoms with E-state index in [1.807, 2.05) is 57.0 Å². The van der Waals surface area contributed by atoms with Crippen LogP contribution in [0.3, 0.4) is 0 Å². The standard InChI is InChI=1S/C37H63N5O5S/c1-11-26(5)34(41(8)35(45)33(25(3)4)40-36(46)37(6,12-2)38-7)29(47-9)23-32(44)42-22-16-19-28(42)30(48-10)24-31(43)39-21-20-27-17-14-13-15-18-27/h13-15,17-18,25-26,28-30,33-34,38H,11-12,16,19-24H2,1-10H3,(H,39,43)(H,40,46). The summed E-state index contributed by atoms with van der Waals surface area (Å²) in [5.74, 6) is -0.564. The van der Waals surface area contributed by atoms with E-state index >= 15 is 0 Å². The molecule has 11 heteroatoms. The fourth-order valence-corrected chi connectivity index (χ4v) is 7.53. The highest BCUT2D eigenvalue weighted by Gasteiger charge is 2.42. The highest BCUT2D eigenvalue weighted by atomic mass is 32.2. The van der Waals surface area contributed by atoms with E-state index < -0.39 is 17.7 Å². The van der Waals surface area contributed by atoms with E-state index in [9.17, 15) is 19.2 Å². The van der Waals surface area contributed by atoms with E-state index in [4.69, 9.17) is 4.74 Å². The number of amides is 4. The largest absolute Gasteiger partial charge is 0.379 e. The molecule has 1 aliphatic heterocycles. The first-order chi connectivity index (χ1) is 22.8. The maximum Gasteiger partial charge on any atom is 0.245 e. The lowest BCUT2D eigenvalue weighted by Gasteiger charge is -2.41. The van der Waals surface area contributed by atoms with E-state index in [0.717, 1.165) is 25.7 Å². The summed E-state index contributed by atoms with van der Waals surface area (Å²) in [5.41, 5.74) is 0.383. The zero-order valence-electron chi connectivity index (χ0n) is 31.1. The van der Waals surface area contributed by atoms with Crippen molar-refractivity contribution in [1.82, 2.24) is 25.8 Å². The van der Waals surface area contributed by atoms with Crippen molar-refractivity contribution < 1.29 is 23.9 Å². The van der Waals surface area contributed by atoms with E-state index in [0.29, 0.717) is 25.9 Å². The zero-order valence-corrected chi connectivity index (χ0v) is 32.0.